The molecule has 5 atom stereocenters. The summed E-state index contributed by atoms with van der Waals surface area (Å²) in [5.41, 5.74) is 0.0897. The van der Waals surface area contributed by atoms with E-state index in [4.69, 9.17) is 4.74 Å². The predicted molar refractivity (Wildman–Crippen MR) is 71.6 cm³/mol. The van der Waals surface area contributed by atoms with Gasteiger partial charge < -0.3 is 4.74 Å². The van der Waals surface area contributed by atoms with Gasteiger partial charge in [-0.3, -0.25) is 9.59 Å². The van der Waals surface area contributed by atoms with Gasteiger partial charge in [-0.2, -0.15) is 0 Å². The topological polar surface area (TPSA) is 43.4 Å². The molecule has 3 nitrogen and oxygen atoms in total. The van der Waals surface area contributed by atoms with Gasteiger partial charge in [-0.15, -0.1) is 0 Å². The molecule has 0 aromatic heterocycles. The van der Waals surface area contributed by atoms with Crippen LogP contribution in [-0.4, -0.2) is 24.3 Å². The van der Waals surface area contributed by atoms with E-state index in [1.165, 1.54) is 0 Å². The zero-order valence-corrected chi connectivity index (χ0v) is 11.8. The van der Waals surface area contributed by atoms with Crippen molar-refractivity contribution in [2.45, 2.75) is 44.6 Å². The van der Waals surface area contributed by atoms with Crippen LogP contribution in [0, 0.1) is 23.7 Å². The van der Waals surface area contributed by atoms with Crippen LogP contribution in [0.4, 0.5) is 0 Å². The summed E-state index contributed by atoms with van der Waals surface area (Å²) in [5, 5.41) is 0. The highest BCUT2D eigenvalue weighted by atomic mass is 16.5. The smallest absolute Gasteiger partial charge is 0.169 e. The zero-order chi connectivity index (χ0) is 13.8. The summed E-state index contributed by atoms with van der Waals surface area (Å²) in [5.74, 6) is 0.592. The summed E-state index contributed by atoms with van der Waals surface area (Å²) in [6.45, 7) is 5.89. The fraction of sp³-hybridized carbons (Fsp3) is 0.750. The van der Waals surface area contributed by atoms with E-state index in [1.54, 1.807) is 7.11 Å². The number of carbonyl (C=O) groups excluding carboxylic acids is 2. The first-order valence-electron chi connectivity index (χ1n) is 7.32. The third kappa shape index (κ3) is 1.67. The van der Waals surface area contributed by atoms with Gasteiger partial charge in [0.2, 0.25) is 0 Å². The van der Waals surface area contributed by atoms with Gasteiger partial charge in [0.15, 0.2) is 11.6 Å². The molecule has 0 N–H and O–H groups in total. The van der Waals surface area contributed by atoms with Crippen molar-refractivity contribution < 1.29 is 14.3 Å². The fourth-order valence-corrected chi connectivity index (χ4v) is 4.75. The van der Waals surface area contributed by atoms with Gasteiger partial charge in [0.05, 0.1) is 11.2 Å². The molecular weight excluding hydrogens is 240 g/mol. The number of hydrogen-bond acceptors (Lipinski definition) is 3. The molecule has 3 saturated carbocycles. The van der Waals surface area contributed by atoms with E-state index in [9.17, 15) is 9.59 Å². The van der Waals surface area contributed by atoms with Crippen molar-refractivity contribution in [3.05, 3.63) is 12.2 Å². The first-order valence-corrected chi connectivity index (χ1v) is 7.32. The minimum atomic E-state index is -0.168. The van der Waals surface area contributed by atoms with Crippen LogP contribution in [0.15, 0.2) is 12.2 Å². The molecular formula is C16H22O3. The van der Waals surface area contributed by atoms with Gasteiger partial charge in [-0.25, -0.2) is 0 Å². The van der Waals surface area contributed by atoms with Gasteiger partial charge in [-0.1, -0.05) is 13.0 Å². The number of Topliss-reactive ketones (excluding diaryl/α,β-unsaturated/α-hetero) is 2. The second-order valence-electron chi connectivity index (χ2n) is 6.59. The molecule has 3 fully saturated rings. The van der Waals surface area contributed by atoms with Gasteiger partial charge >= 0.3 is 0 Å². The van der Waals surface area contributed by atoms with Crippen molar-refractivity contribution >= 4 is 11.6 Å². The number of carbonyl (C=O) groups is 2. The normalized spacial score (nSPS) is 46.1. The lowest BCUT2D eigenvalue weighted by molar-refractivity contribution is -0.160. The van der Waals surface area contributed by atoms with Gasteiger partial charge in [-0.05, 0) is 44.4 Å². The van der Waals surface area contributed by atoms with Crippen LogP contribution >= 0.6 is 0 Å². The Labute approximate surface area is 114 Å². The van der Waals surface area contributed by atoms with Gasteiger partial charge in [0.25, 0.3) is 0 Å². The maximum atomic E-state index is 12.3. The largest absolute Gasteiger partial charge is 0.378 e. The first kappa shape index (κ1) is 13.0. The maximum absolute atomic E-state index is 12.3. The van der Waals surface area contributed by atoms with Crippen molar-refractivity contribution in [1.82, 2.24) is 0 Å². The molecule has 3 rings (SSSR count). The van der Waals surface area contributed by atoms with E-state index < -0.39 is 0 Å². The summed E-state index contributed by atoms with van der Waals surface area (Å²) in [4.78, 5) is 24.7. The van der Waals surface area contributed by atoms with Gasteiger partial charge in [0.1, 0.15) is 0 Å². The van der Waals surface area contributed by atoms with Crippen LogP contribution in [0.5, 0.6) is 0 Å². The minimum absolute atomic E-state index is 0.0105. The highest BCUT2D eigenvalue weighted by Gasteiger charge is 2.57. The molecule has 0 heterocycles. The number of methoxy groups -OCH3 is 1. The van der Waals surface area contributed by atoms with E-state index in [0.717, 1.165) is 32.1 Å². The molecule has 3 heteroatoms. The summed E-state index contributed by atoms with van der Waals surface area (Å²) in [7, 11) is 1.76. The molecule has 19 heavy (non-hydrogen) atoms. The van der Waals surface area contributed by atoms with E-state index in [0.29, 0.717) is 5.92 Å². The van der Waals surface area contributed by atoms with Crippen LogP contribution in [0.3, 0.4) is 0 Å². The molecule has 5 unspecified atom stereocenters. The molecule has 0 radical (unpaired) electrons. The molecule has 0 saturated heterocycles. The second-order valence-corrected chi connectivity index (χ2v) is 6.59. The van der Waals surface area contributed by atoms with Crippen molar-refractivity contribution in [3.63, 3.8) is 0 Å². The van der Waals surface area contributed by atoms with E-state index >= 15 is 0 Å². The Morgan fingerprint density at radius 1 is 1.16 bits per heavy atom. The van der Waals surface area contributed by atoms with E-state index in [1.807, 2.05) is 0 Å². The molecule has 0 spiro atoms. The minimum Gasteiger partial charge on any atom is -0.378 e. The molecule has 0 aliphatic heterocycles. The fourth-order valence-electron chi connectivity index (χ4n) is 4.75. The summed E-state index contributed by atoms with van der Waals surface area (Å²) < 4.78 is 5.77. The summed E-state index contributed by atoms with van der Waals surface area (Å²) in [6.07, 6.45) is 4.81. The number of ether oxygens (including phenoxy) is 1. The number of hydrogen-bond donors (Lipinski definition) is 0. The van der Waals surface area contributed by atoms with E-state index in [2.05, 4.69) is 13.5 Å². The molecule has 0 amide bonds. The summed E-state index contributed by atoms with van der Waals surface area (Å²) >= 11 is 0. The van der Waals surface area contributed by atoms with E-state index in [-0.39, 0.29) is 40.5 Å². The summed E-state index contributed by atoms with van der Waals surface area (Å²) in [6, 6.07) is 0. The molecule has 3 aliphatic carbocycles. The van der Waals surface area contributed by atoms with Crippen molar-refractivity contribution in [2.24, 2.45) is 23.7 Å². The highest BCUT2D eigenvalue weighted by Crippen LogP contribution is 2.55. The van der Waals surface area contributed by atoms with Crippen LogP contribution in [-0.2, 0) is 14.3 Å². The Balaban J connectivity index is 2.02. The third-order valence-corrected chi connectivity index (χ3v) is 5.89. The lowest BCUT2D eigenvalue weighted by Crippen LogP contribution is -2.57. The van der Waals surface area contributed by atoms with Crippen LogP contribution < -0.4 is 0 Å². The average Bonchev–Trinajstić information content (AvgIpc) is 2.44. The Kier molecular flexibility index (Phi) is 2.93. The van der Waals surface area contributed by atoms with Crippen molar-refractivity contribution in [2.75, 3.05) is 7.11 Å². The highest BCUT2D eigenvalue weighted by molar-refractivity contribution is 6.23. The second kappa shape index (κ2) is 4.27. The maximum Gasteiger partial charge on any atom is 0.169 e. The standard InChI is InChI=1S/C16H22O3/c1-9-14(17)10-5-4-6-12-13(10)11(15(9)18)7-8-16(12,2)19-3/h10-13H,1,4-8H2,2-3H3. The third-order valence-electron chi connectivity index (χ3n) is 5.89. The van der Waals surface area contributed by atoms with Crippen LogP contribution in [0.25, 0.3) is 0 Å². The number of rotatable bonds is 1. The van der Waals surface area contributed by atoms with Crippen molar-refractivity contribution in [1.29, 1.82) is 0 Å². The average molecular weight is 262 g/mol. The monoisotopic (exact) mass is 262 g/mol. The number of ketones is 2. The predicted octanol–water partition coefficient (Wildman–Crippen LogP) is 2.54. The first-order chi connectivity index (χ1) is 8.99. The number of allylic oxidation sites excluding steroid dienone is 1. The molecule has 0 aromatic carbocycles. The quantitative estimate of drug-likeness (QED) is 0.539. The lowest BCUT2D eigenvalue weighted by Gasteiger charge is -2.54. The SMILES string of the molecule is C=C1C(=O)C2CCCC3C2C(CCC3(C)OC)C1=O. The van der Waals surface area contributed by atoms with Crippen LogP contribution in [0.2, 0.25) is 0 Å². The Morgan fingerprint density at radius 2 is 1.79 bits per heavy atom. The van der Waals surface area contributed by atoms with Crippen molar-refractivity contribution in [3.8, 4) is 0 Å². The Morgan fingerprint density at radius 3 is 2.42 bits per heavy atom. The molecule has 0 bridgehead atoms. The lowest BCUT2D eigenvalue weighted by atomic mass is 9.51. The Hall–Kier alpha value is -0.960. The van der Waals surface area contributed by atoms with Gasteiger partial charge in [0, 0.05) is 18.9 Å². The zero-order valence-electron chi connectivity index (χ0n) is 11.8. The molecule has 3 aliphatic rings. The van der Waals surface area contributed by atoms with Crippen LogP contribution in [0.1, 0.15) is 39.0 Å². The molecule has 0 aromatic rings. The molecule has 104 valence electrons. The Bertz CT molecular complexity index is 433.